The fourth-order valence-electron chi connectivity index (χ4n) is 4.70. The van der Waals surface area contributed by atoms with Crippen LogP contribution in [0.5, 0.6) is 0 Å². The second-order valence-corrected chi connectivity index (χ2v) is 10.1. The summed E-state index contributed by atoms with van der Waals surface area (Å²) in [5.74, 6) is 5.70. The largest absolute Gasteiger partial charge is 0.416 e. The second kappa shape index (κ2) is 11.1. The van der Waals surface area contributed by atoms with Gasteiger partial charge in [-0.25, -0.2) is 0 Å². The number of carbonyl (C=O) groups excluding carboxylic acids is 1. The minimum atomic E-state index is -4.54. The highest BCUT2D eigenvalue weighted by atomic mass is 19.4. The Morgan fingerprint density at radius 3 is 2.48 bits per heavy atom. The highest BCUT2D eigenvalue weighted by Gasteiger charge is 2.34. The van der Waals surface area contributed by atoms with E-state index in [1.807, 2.05) is 25.9 Å². The number of hydrogen-bond acceptors (Lipinski definition) is 5. The first-order valence-corrected chi connectivity index (χ1v) is 12.9. The summed E-state index contributed by atoms with van der Waals surface area (Å²) >= 11 is 0. The molecule has 0 saturated carbocycles. The van der Waals surface area contributed by atoms with E-state index in [0.717, 1.165) is 35.6 Å². The Bertz CT molecular complexity index is 1620. The highest BCUT2D eigenvalue weighted by molar-refractivity contribution is 6.04. The molecule has 40 heavy (non-hydrogen) atoms. The number of aromatic nitrogens is 3. The van der Waals surface area contributed by atoms with Crippen LogP contribution in [0.3, 0.4) is 0 Å². The molecule has 1 aliphatic heterocycles. The number of hydrogen-bond donors (Lipinski definition) is 1. The van der Waals surface area contributed by atoms with Crippen molar-refractivity contribution < 1.29 is 18.0 Å². The van der Waals surface area contributed by atoms with Gasteiger partial charge in [-0.1, -0.05) is 24.0 Å². The first-order chi connectivity index (χ1) is 19.1. The predicted octanol–water partition coefficient (Wildman–Crippen LogP) is 4.70. The van der Waals surface area contributed by atoms with E-state index in [1.54, 1.807) is 41.5 Å². The first kappa shape index (κ1) is 27.4. The van der Waals surface area contributed by atoms with Crippen molar-refractivity contribution >= 4 is 22.5 Å². The van der Waals surface area contributed by atoms with Crippen molar-refractivity contribution in [2.45, 2.75) is 19.6 Å². The maximum atomic E-state index is 14.0. The third-order valence-electron chi connectivity index (χ3n) is 7.17. The van der Waals surface area contributed by atoms with Crippen LogP contribution in [0.2, 0.25) is 0 Å². The Labute approximate surface area is 230 Å². The fourth-order valence-corrected chi connectivity index (χ4v) is 4.70. The van der Waals surface area contributed by atoms with Crippen molar-refractivity contribution in [1.29, 1.82) is 0 Å². The average Bonchev–Trinajstić information content (AvgIpc) is 3.31. The number of alkyl halides is 3. The molecule has 1 fully saturated rings. The molecular weight excluding hydrogens is 517 g/mol. The summed E-state index contributed by atoms with van der Waals surface area (Å²) in [6, 6.07) is 9.03. The monoisotopic (exact) mass is 546 g/mol. The topological polar surface area (TPSA) is 66.3 Å². The number of amides is 1. The van der Waals surface area contributed by atoms with Gasteiger partial charge in [0.2, 0.25) is 0 Å². The van der Waals surface area contributed by atoms with Crippen LogP contribution in [-0.2, 0) is 19.8 Å². The van der Waals surface area contributed by atoms with Crippen molar-refractivity contribution in [1.82, 2.24) is 24.6 Å². The van der Waals surface area contributed by atoms with Gasteiger partial charge in [-0.05, 0) is 49.4 Å². The SMILES string of the molecule is Cc1ccc(C(=O)Nc2ccc(CN3CCN(C)CC3)c(C(F)(F)F)c2)cc1C#Cc1cncc2c1cnn2C. The average molecular weight is 547 g/mol. The van der Waals surface area contributed by atoms with Crippen LogP contribution in [0.1, 0.15) is 38.2 Å². The number of likely N-dealkylation sites (N-methyl/N-ethyl adjacent to an activating group) is 1. The zero-order chi connectivity index (χ0) is 28.4. The predicted molar refractivity (Wildman–Crippen MR) is 148 cm³/mol. The van der Waals surface area contributed by atoms with Crippen molar-refractivity contribution in [2.24, 2.45) is 7.05 Å². The maximum Gasteiger partial charge on any atom is 0.416 e. The molecule has 0 atom stereocenters. The van der Waals surface area contributed by atoms with E-state index >= 15 is 0 Å². The molecule has 1 saturated heterocycles. The van der Waals surface area contributed by atoms with Crippen LogP contribution in [0.15, 0.2) is 55.0 Å². The summed E-state index contributed by atoms with van der Waals surface area (Å²) in [7, 11) is 3.83. The molecule has 0 radical (unpaired) electrons. The molecule has 5 rings (SSSR count). The normalized spacial score (nSPS) is 14.7. The number of aryl methyl sites for hydroxylation is 2. The zero-order valence-electron chi connectivity index (χ0n) is 22.5. The lowest BCUT2D eigenvalue weighted by atomic mass is 10.0. The molecule has 2 aromatic heterocycles. The standard InChI is InChI=1S/C30H29F3N6O/c1-20-4-5-22(14-21(20)6-7-23-16-34-18-28-26(23)17-35-38(28)3)29(40)36-25-9-8-24(27(15-25)30(31,32)33)19-39-12-10-37(2)11-13-39/h4-5,8-9,14-18H,10-13,19H2,1-3H3,(H,36,40). The Morgan fingerprint density at radius 2 is 1.73 bits per heavy atom. The van der Waals surface area contributed by atoms with E-state index in [-0.39, 0.29) is 17.8 Å². The zero-order valence-corrected chi connectivity index (χ0v) is 22.5. The van der Waals surface area contributed by atoms with E-state index in [1.165, 1.54) is 12.1 Å². The molecule has 0 bridgehead atoms. The fraction of sp³-hybridized carbons (Fsp3) is 0.300. The van der Waals surface area contributed by atoms with Gasteiger partial charge in [-0.2, -0.15) is 18.3 Å². The number of nitrogens with zero attached hydrogens (tertiary/aromatic N) is 5. The van der Waals surface area contributed by atoms with Crippen molar-refractivity contribution in [3.8, 4) is 11.8 Å². The number of pyridine rings is 1. The van der Waals surface area contributed by atoms with Gasteiger partial charge < -0.3 is 10.2 Å². The van der Waals surface area contributed by atoms with Crippen LogP contribution < -0.4 is 5.32 Å². The summed E-state index contributed by atoms with van der Waals surface area (Å²) < 4.78 is 43.6. The molecule has 1 amide bonds. The van der Waals surface area contributed by atoms with E-state index in [9.17, 15) is 18.0 Å². The summed E-state index contributed by atoms with van der Waals surface area (Å²) in [6.45, 7) is 5.13. The van der Waals surface area contributed by atoms with Gasteiger partial charge in [0.15, 0.2) is 0 Å². The quantitative estimate of drug-likeness (QED) is 0.376. The third-order valence-corrected chi connectivity index (χ3v) is 7.17. The summed E-state index contributed by atoms with van der Waals surface area (Å²) in [5, 5.41) is 7.74. The van der Waals surface area contributed by atoms with E-state index < -0.39 is 17.6 Å². The Balaban J connectivity index is 1.36. The molecule has 1 N–H and O–H groups in total. The molecule has 206 valence electrons. The van der Waals surface area contributed by atoms with Gasteiger partial charge in [-0.15, -0.1) is 0 Å². The number of nitrogens with one attached hydrogen (secondary N) is 1. The summed E-state index contributed by atoms with van der Waals surface area (Å²) in [6.07, 6.45) is 0.562. The van der Waals surface area contributed by atoms with E-state index in [4.69, 9.17) is 0 Å². The number of anilines is 1. The minimum Gasteiger partial charge on any atom is -0.322 e. The van der Waals surface area contributed by atoms with Crippen LogP contribution in [0.4, 0.5) is 18.9 Å². The smallest absolute Gasteiger partial charge is 0.322 e. The lowest BCUT2D eigenvalue weighted by Crippen LogP contribution is -2.44. The first-order valence-electron chi connectivity index (χ1n) is 12.9. The molecule has 0 spiro atoms. The number of carbonyl (C=O) groups is 1. The number of piperazine rings is 1. The summed E-state index contributed by atoms with van der Waals surface area (Å²) in [4.78, 5) is 21.4. The van der Waals surface area contributed by atoms with Gasteiger partial charge in [-0.3, -0.25) is 19.4 Å². The molecule has 7 nitrogen and oxygen atoms in total. The molecule has 0 unspecified atom stereocenters. The van der Waals surface area contributed by atoms with Crippen molar-refractivity contribution in [3.63, 3.8) is 0 Å². The molecule has 2 aromatic carbocycles. The Kier molecular flexibility index (Phi) is 7.61. The van der Waals surface area contributed by atoms with Gasteiger partial charge >= 0.3 is 6.18 Å². The Morgan fingerprint density at radius 1 is 0.975 bits per heavy atom. The second-order valence-electron chi connectivity index (χ2n) is 10.1. The molecule has 1 aliphatic rings. The number of halogens is 3. The van der Waals surface area contributed by atoms with Crippen molar-refractivity contribution in [2.75, 3.05) is 38.5 Å². The van der Waals surface area contributed by atoms with Crippen LogP contribution in [-0.4, -0.2) is 63.7 Å². The highest BCUT2D eigenvalue weighted by Crippen LogP contribution is 2.34. The molecule has 3 heterocycles. The van der Waals surface area contributed by atoms with Crippen molar-refractivity contribution in [3.05, 3.63) is 88.4 Å². The summed E-state index contributed by atoms with van der Waals surface area (Å²) in [5.41, 5.74) is 2.89. The number of benzene rings is 2. The van der Waals surface area contributed by atoms with E-state index in [0.29, 0.717) is 29.8 Å². The van der Waals surface area contributed by atoms with Crippen LogP contribution >= 0.6 is 0 Å². The minimum absolute atomic E-state index is 0.0852. The molecular formula is C30H29F3N6O. The van der Waals surface area contributed by atoms with Gasteiger partial charge in [0.05, 0.1) is 29.0 Å². The molecule has 4 aromatic rings. The molecule has 0 aliphatic carbocycles. The Hall–Kier alpha value is -4.20. The number of fused-ring (bicyclic) bond motifs is 1. The van der Waals surface area contributed by atoms with Gasteiger partial charge in [0.25, 0.3) is 5.91 Å². The van der Waals surface area contributed by atoms with Crippen LogP contribution in [0.25, 0.3) is 10.9 Å². The van der Waals surface area contributed by atoms with Gasteiger partial charge in [0, 0.05) is 68.2 Å². The van der Waals surface area contributed by atoms with E-state index in [2.05, 4.69) is 32.1 Å². The lowest BCUT2D eigenvalue weighted by molar-refractivity contribution is -0.138. The third kappa shape index (κ3) is 6.01. The number of rotatable bonds is 4. The maximum absolute atomic E-state index is 14.0. The lowest BCUT2D eigenvalue weighted by Gasteiger charge is -2.33. The molecule has 10 heteroatoms. The van der Waals surface area contributed by atoms with Gasteiger partial charge in [0.1, 0.15) is 0 Å². The van der Waals surface area contributed by atoms with Crippen LogP contribution in [0, 0.1) is 18.8 Å².